The number of carbonyl (C=O) groups is 2. The predicted molar refractivity (Wildman–Crippen MR) is 250 cm³/mol. The van der Waals surface area contributed by atoms with Gasteiger partial charge in [-0.2, -0.15) is 13.9 Å². The average molecular weight is 997 g/mol. The van der Waals surface area contributed by atoms with Gasteiger partial charge < -0.3 is 28.7 Å². The molecule has 6 rings (SSSR count). The fourth-order valence-electron chi connectivity index (χ4n) is 7.02. The Morgan fingerprint density at radius 3 is 1.26 bits per heavy atom. The number of ether oxygens (including phenoxy) is 4. The SMILES string of the molecule is Cc1cc(C)cc(Oc2ccc(Br)cc2S(=O)(=O)N2CCN(C(=O)OC(C)(C)C)CC2)c1.Cc1cc(C)cc(Oc2ccc(C#N)cc2S(=O)(=O)N2CCN(C(=O)OC(C)(C)C)CC2)c1. The number of nitrogens with zero attached hydrogens (tertiary/aromatic N) is 5. The van der Waals surface area contributed by atoms with Gasteiger partial charge in [0.1, 0.15) is 44.0 Å². The van der Waals surface area contributed by atoms with E-state index in [0.29, 0.717) is 16.0 Å². The number of nitriles is 1. The van der Waals surface area contributed by atoms with Crippen molar-refractivity contribution in [1.82, 2.24) is 18.4 Å². The van der Waals surface area contributed by atoms with Gasteiger partial charge in [-0.25, -0.2) is 26.4 Å². The largest absolute Gasteiger partial charge is 0.456 e. The molecule has 2 saturated heterocycles. The second-order valence-corrected chi connectivity index (χ2v) is 22.7. The van der Waals surface area contributed by atoms with Crippen LogP contribution >= 0.6 is 15.9 Å². The maximum absolute atomic E-state index is 13.5. The van der Waals surface area contributed by atoms with Crippen molar-refractivity contribution in [1.29, 1.82) is 5.26 Å². The second kappa shape index (κ2) is 20.5. The lowest BCUT2D eigenvalue weighted by atomic mass is 10.1. The van der Waals surface area contributed by atoms with Crippen LogP contribution in [0.1, 0.15) is 69.4 Å². The number of halogens is 1. The molecule has 0 bridgehead atoms. The molecule has 2 fully saturated rings. The van der Waals surface area contributed by atoms with Gasteiger partial charge in [0.2, 0.25) is 20.0 Å². The monoisotopic (exact) mass is 995 g/mol. The molecule has 0 aromatic heterocycles. The number of hydrogen-bond donors (Lipinski definition) is 0. The zero-order chi connectivity index (χ0) is 48.1. The standard InChI is InChI=1S/C24H29N3O5S.C23H29BrN2O5S/c1-17-12-18(2)14-20(13-17)31-21-7-6-19(16-25)15-22(21)33(29,30)27-10-8-26(9-11-27)23(28)32-24(3,4)5;1-16-12-17(2)14-19(13-16)30-20-7-6-18(24)15-21(20)32(28,29)26-10-8-25(9-11-26)22(27)31-23(3,4)5/h6-7,12-15H,8-11H2,1-5H3;6-7,12-15H,8-11H2,1-5H3. The Morgan fingerprint density at radius 1 is 0.554 bits per heavy atom. The van der Waals surface area contributed by atoms with Crippen molar-refractivity contribution in [3.05, 3.63) is 105 Å². The molecule has 2 aliphatic heterocycles. The highest BCUT2D eigenvalue weighted by atomic mass is 79.9. The molecule has 0 spiro atoms. The summed E-state index contributed by atoms with van der Waals surface area (Å²) in [7, 11) is -7.81. The highest BCUT2D eigenvalue weighted by molar-refractivity contribution is 9.10. The van der Waals surface area contributed by atoms with Gasteiger partial charge in [0, 0.05) is 56.8 Å². The van der Waals surface area contributed by atoms with Crippen molar-refractivity contribution in [3.8, 4) is 29.1 Å². The van der Waals surface area contributed by atoms with E-state index in [-0.39, 0.29) is 79.2 Å². The molecule has 15 nitrogen and oxygen atoms in total. The van der Waals surface area contributed by atoms with Gasteiger partial charge in [0.25, 0.3) is 0 Å². The first-order chi connectivity index (χ1) is 30.2. The summed E-state index contributed by atoms with van der Waals surface area (Å²) in [6.45, 7) is 20.1. The molecule has 18 heteroatoms. The molecule has 65 heavy (non-hydrogen) atoms. The minimum Gasteiger partial charge on any atom is -0.456 e. The molecule has 0 unspecified atom stereocenters. The van der Waals surface area contributed by atoms with Crippen LogP contribution in [0.4, 0.5) is 9.59 Å². The summed E-state index contributed by atoms with van der Waals surface area (Å²) >= 11 is 3.37. The average Bonchev–Trinajstić information content (AvgIpc) is 3.20. The Morgan fingerprint density at radius 2 is 0.908 bits per heavy atom. The molecular formula is C47H58BrN5O10S2. The maximum atomic E-state index is 13.5. The molecule has 0 saturated carbocycles. The zero-order valence-corrected chi connectivity index (χ0v) is 41.8. The summed E-state index contributed by atoms with van der Waals surface area (Å²) in [5.74, 6) is 1.50. The minimum absolute atomic E-state index is 0.0774. The van der Waals surface area contributed by atoms with Crippen LogP contribution in [-0.4, -0.2) is 111 Å². The molecule has 2 heterocycles. The van der Waals surface area contributed by atoms with Crippen molar-refractivity contribution in [2.75, 3.05) is 52.4 Å². The van der Waals surface area contributed by atoms with Crippen molar-refractivity contribution in [2.45, 2.75) is 90.2 Å². The summed E-state index contributed by atoms with van der Waals surface area (Å²) in [5.41, 5.74) is 3.02. The quantitative estimate of drug-likeness (QED) is 0.164. The number of hydrogen-bond acceptors (Lipinski definition) is 11. The van der Waals surface area contributed by atoms with E-state index < -0.39 is 43.4 Å². The van der Waals surface area contributed by atoms with Crippen LogP contribution in [0.2, 0.25) is 0 Å². The molecular weight excluding hydrogens is 939 g/mol. The Bertz CT molecular complexity index is 2620. The number of piperazine rings is 2. The summed E-state index contributed by atoms with van der Waals surface area (Å²) < 4.78 is 80.0. The molecule has 0 atom stereocenters. The fourth-order valence-corrected chi connectivity index (χ4v) is 10.7. The molecule has 4 aromatic carbocycles. The summed E-state index contributed by atoms with van der Waals surface area (Å²) in [6.07, 6.45) is -0.902. The molecule has 0 radical (unpaired) electrons. The maximum Gasteiger partial charge on any atom is 0.410 e. The smallest absolute Gasteiger partial charge is 0.410 e. The third-order valence-corrected chi connectivity index (χ3v) is 14.2. The van der Waals surface area contributed by atoms with Crippen molar-refractivity contribution < 1.29 is 45.4 Å². The Kier molecular flexibility index (Phi) is 16.1. The van der Waals surface area contributed by atoms with E-state index in [4.69, 9.17) is 18.9 Å². The van der Waals surface area contributed by atoms with Gasteiger partial charge in [0.15, 0.2) is 0 Å². The molecule has 4 aromatic rings. The first kappa shape index (κ1) is 50.8. The van der Waals surface area contributed by atoms with Gasteiger partial charge in [0.05, 0.1) is 11.6 Å². The van der Waals surface area contributed by atoms with Gasteiger partial charge in [-0.15, -0.1) is 0 Å². The Labute approximate surface area is 392 Å². The number of amides is 2. The number of aryl methyl sites for hydroxylation is 4. The topological polar surface area (TPSA) is 176 Å². The zero-order valence-electron chi connectivity index (χ0n) is 38.6. The summed E-state index contributed by atoms with van der Waals surface area (Å²) in [4.78, 5) is 27.7. The predicted octanol–water partition coefficient (Wildman–Crippen LogP) is 9.31. The van der Waals surface area contributed by atoms with Gasteiger partial charge in [-0.1, -0.05) is 28.1 Å². The third-order valence-electron chi connectivity index (χ3n) is 9.84. The lowest BCUT2D eigenvalue weighted by Gasteiger charge is -2.35. The number of benzene rings is 4. The Hall–Kier alpha value is -5.19. The number of carbonyl (C=O) groups excluding carboxylic acids is 2. The van der Waals surface area contributed by atoms with Crippen molar-refractivity contribution in [2.24, 2.45) is 0 Å². The van der Waals surface area contributed by atoms with Crippen LogP contribution < -0.4 is 9.47 Å². The second-order valence-electron chi connectivity index (χ2n) is 18.0. The first-order valence-corrected chi connectivity index (χ1v) is 24.7. The Balaban J connectivity index is 0.000000244. The lowest BCUT2D eigenvalue weighted by Crippen LogP contribution is -2.51. The van der Waals surface area contributed by atoms with E-state index >= 15 is 0 Å². The van der Waals surface area contributed by atoms with Gasteiger partial charge in [-0.3, -0.25) is 0 Å². The van der Waals surface area contributed by atoms with Crippen LogP contribution in [-0.2, 0) is 29.5 Å². The van der Waals surface area contributed by atoms with Crippen LogP contribution in [0.5, 0.6) is 23.0 Å². The van der Waals surface area contributed by atoms with E-state index in [2.05, 4.69) is 15.9 Å². The summed E-state index contributed by atoms with van der Waals surface area (Å²) in [5, 5.41) is 9.32. The lowest BCUT2D eigenvalue weighted by molar-refractivity contribution is 0.0183. The van der Waals surface area contributed by atoms with E-state index in [9.17, 15) is 31.7 Å². The van der Waals surface area contributed by atoms with E-state index in [1.54, 1.807) is 59.7 Å². The minimum atomic E-state index is -3.97. The van der Waals surface area contributed by atoms with Crippen molar-refractivity contribution >= 4 is 48.2 Å². The molecule has 0 N–H and O–H groups in total. The summed E-state index contributed by atoms with van der Waals surface area (Å²) in [6, 6.07) is 22.7. The normalized spacial score (nSPS) is 15.3. The van der Waals surface area contributed by atoms with E-state index in [1.165, 1.54) is 36.6 Å². The van der Waals surface area contributed by atoms with Crippen LogP contribution in [0.25, 0.3) is 0 Å². The van der Waals surface area contributed by atoms with Crippen LogP contribution in [0.3, 0.4) is 0 Å². The molecule has 2 amide bonds. The van der Waals surface area contributed by atoms with Crippen LogP contribution in [0, 0.1) is 39.0 Å². The highest BCUT2D eigenvalue weighted by Gasteiger charge is 2.36. The van der Waals surface area contributed by atoms with Crippen LogP contribution in [0.15, 0.2) is 87.1 Å². The highest BCUT2D eigenvalue weighted by Crippen LogP contribution is 2.36. The fraction of sp³-hybridized carbons (Fsp3) is 0.426. The van der Waals surface area contributed by atoms with E-state index in [1.807, 2.05) is 70.2 Å². The number of rotatable bonds is 8. The number of sulfonamides is 2. The van der Waals surface area contributed by atoms with Gasteiger partial charge in [-0.05, 0) is 152 Å². The van der Waals surface area contributed by atoms with E-state index in [0.717, 1.165) is 22.3 Å². The molecule has 2 aliphatic rings. The van der Waals surface area contributed by atoms with Gasteiger partial charge >= 0.3 is 12.2 Å². The first-order valence-electron chi connectivity index (χ1n) is 21.1. The third kappa shape index (κ3) is 13.9. The molecule has 350 valence electrons. The van der Waals surface area contributed by atoms with Crippen molar-refractivity contribution in [3.63, 3.8) is 0 Å². The molecule has 0 aliphatic carbocycles.